The normalized spacial score (nSPS) is 30.8. The van der Waals surface area contributed by atoms with Crippen LogP contribution in [0.3, 0.4) is 0 Å². The molecule has 1 aliphatic heterocycles. The van der Waals surface area contributed by atoms with Crippen LogP contribution in [0.2, 0.25) is 0 Å². The number of hydrogen-bond acceptors (Lipinski definition) is 3. The van der Waals surface area contributed by atoms with Crippen LogP contribution >= 0.6 is 11.8 Å². The Hall–Kier alpha value is -0.910. The van der Waals surface area contributed by atoms with Gasteiger partial charge in [0, 0.05) is 17.8 Å². The molecule has 0 radical (unpaired) electrons. The van der Waals surface area contributed by atoms with Crippen molar-refractivity contribution in [1.82, 2.24) is 10.6 Å². The number of urea groups is 1. The maximum absolute atomic E-state index is 11.7. The van der Waals surface area contributed by atoms with Crippen molar-refractivity contribution in [3.8, 4) is 0 Å². The van der Waals surface area contributed by atoms with E-state index in [1.807, 2.05) is 11.8 Å². The fraction of sp³-hybridized carbons (Fsp3) is 0.846. The van der Waals surface area contributed by atoms with Crippen LogP contribution in [0.1, 0.15) is 38.5 Å². The fourth-order valence-corrected chi connectivity index (χ4v) is 3.93. The number of rotatable bonds is 4. The Morgan fingerprint density at radius 1 is 1.16 bits per heavy atom. The van der Waals surface area contributed by atoms with E-state index in [2.05, 4.69) is 10.6 Å². The molecule has 1 saturated heterocycles. The van der Waals surface area contributed by atoms with Crippen molar-refractivity contribution in [2.45, 2.75) is 49.8 Å². The van der Waals surface area contributed by atoms with E-state index in [0.29, 0.717) is 18.1 Å². The summed E-state index contributed by atoms with van der Waals surface area (Å²) in [6.45, 7) is 0.737. The van der Waals surface area contributed by atoms with Gasteiger partial charge in [-0.05, 0) is 44.3 Å². The van der Waals surface area contributed by atoms with Crippen molar-refractivity contribution in [3.05, 3.63) is 0 Å². The first-order valence-electron chi connectivity index (χ1n) is 7.04. The molecular weight excluding hydrogens is 264 g/mol. The quantitative estimate of drug-likeness (QED) is 0.736. The van der Waals surface area contributed by atoms with Crippen LogP contribution in [0, 0.1) is 5.92 Å². The summed E-state index contributed by atoms with van der Waals surface area (Å²) in [6, 6.07) is 0.0260. The van der Waals surface area contributed by atoms with Crippen LogP contribution in [0.4, 0.5) is 4.79 Å². The first-order chi connectivity index (χ1) is 9.15. The number of carbonyl (C=O) groups excluding carboxylic acids is 1. The lowest BCUT2D eigenvalue weighted by atomic mass is 9.86. The van der Waals surface area contributed by atoms with Crippen LogP contribution < -0.4 is 10.6 Å². The number of amides is 2. The first-order valence-corrected chi connectivity index (χ1v) is 8.09. The Bertz CT molecular complexity index is 324. The predicted octanol–water partition coefficient (Wildman–Crippen LogP) is 1.82. The molecule has 1 heterocycles. The van der Waals surface area contributed by atoms with Crippen molar-refractivity contribution in [2.75, 3.05) is 12.3 Å². The fourth-order valence-electron chi connectivity index (χ4n) is 2.73. The Morgan fingerprint density at radius 3 is 2.47 bits per heavy atom. The van der Waals surface area contributed by atoms with Gasteiger partial charge in [-0.2, -0.15) is 11.8 Å². The van der Waals surface area contributed by atoms with Crippen molar-refractivity contribution in [3.63, 3.8) is 0 Å². The number of hydrogen-bond donors (Lipinski definition) is 3. The third kappa shape index (κ3) is 4.60. The molecule has 0 aromatic carbocycles. The summed E-state index contributed by atoms with van der Waals surface area (Å²) in [7, 11) is 0. The molecule has 5 nitrogen and oxygen atoms in total. The highest BCUT2D eigenvalue weighted by Crippen LogP contribution is 2.25. The number of carbonyl (C=O) groups is 2. The summed E-state index contributed by atoms with van der Waals surface area (Å²) in [4.78, 5) is 22.6. The highest BCUT2D eigenvalue weighted by atomic mass is 32.2. The number of carboxylic acids is 1. The van der Waals surface area contributed by atoms with Gasteiger partial charge in [-0.1, -0.05) is 0 Å². The lowest BCUT2D eigenvalue weighted by molar-refractivity contribution is -0.142. The second-order valence-corrected chi connectivity index (χ2v) is 6.78. The second-order valence-electron chi connectivity index (χ2n) is 5.38. The van der Waals surface area contributed by atoms with E-state index < -0.39 is 5.97 Å². The number of nitrogens with one attached hydrogen (secondary N) is 2. The van der Waals surface area contributed by atoms with E-state index >= 15 is 0 Å². The van der Waals surface area contributed by atoms with Gasteiger partial charge in [0.1, 0.15) is 0 Å². The third-order valence-electron chi connectivity index (χ3n) is 3.93. The zero-order valence-electron chi connectivity index (χ0n) is 11.1. The van der Waals surface area contributed by atoms with Crippen molar-refractivity contribution in [1.29, 1.82) is 0 Å². The molecule has 108 valence electrons. The topological polar surface area (TPSA) is 78.4 Å². The highest BCUT2D eigenvalue weighted by molar-refractivity contribution is 8.00. The summed E-state index contributed by atoms with van der Waals surface area (Å²) in [5.41, 5.74) is 0. The van der Waals surface area contributed by atoms with Crippen LogP contribution in [-0.4, -0.2) is 40.7 Å². The SMILES string of the molecule is O=C(NCC1CCCS1)NC1CCC(C(=O)O)CC1. The molecule has 2 amide bonds. The van der Waals surface area contributed by atoms with Crippen LogP contribution in [0.25, 0.3) is 0 Å². The standard InChI is InChI=1S/C13H22N2O3S/c16-12(17)9-3-5-10(6-4-9)15-13(18)14-8-11-2-1-7-19-11/h9-11H,1-8H2,(H,16,17)(H2,14,15,18). The first kappa shape index (κ1) is 14.5. The molecule has 1 atom stereocenters. The van der Waals surface area contributed by atoms with Gasteiger partial charge in [-0.25, -0.2) is 4.79 Å². The predicted molar refractivity (Wildman–Crippen MR) is 75.4 cm³/mol. The molecule has 1 unspecified atom stereocenters. The van der Waals surface area contributed by atoms with E-state index in [-0.39, 0.29) is 18.0 Å². The Labute approximate surface area is 117 Å². The van der Waals surface area contributed by atoms with Crippen molar-refractivity contribution in [2.24, 2.45) is 5.92 Å². The highest BCUT2D eigenvalue weighted by Gasteiger charge is 2.26. The van der Waals surface area contributed by atoms with E-state index in [1.165, 1.54) is 18.6 Å². The minimum absolute atomic E-state index is 0.105. The second kappa shape index (κ2) is 7.03. The van der Waals surface area contributed by atoms with Gasteiger partial charge < -0.3 is 15.7 Å². The molecule has 1 aliphatic carbocycles. The molecule has 0 aromatic rings. The summed E-state index contributed by atoms with van der Waals surface area (Å²) < 4.78 is 0. The van der Waals surface area contributed by atoms with Crippen molar-refractivity contribution >= 4 is 23.8 Å². The molecule has 19 heavy (non-hydrogen) atoms. The monoisotopic (exact) mass is 286 g/mol. The number of carboxylic acid groups (broad SMARTS) is 1. The van der Waals surface area contributed by atoms with Crippen LogP contribution in [0.15, 0.2) is 0 Å². The van der Waals surface area contributed by atoms with Crippen LogP contribution in [-0.2, 0) is 4.79 Å². The molecule has 3 N–H and O–H groups in total. The van der Waals surface area contributed by atoms with E-state index in [9.17, 15) is 9.59 Å². The zero-order valence-corrected chi connectivity index (χ0v) is 11.9. The third-order valence-corrected chi connectivity index (χ3v) is 5.32. The molecule has 2 fully saturated rings. The van der Waals surface area contributed by atoms with Gasteiger partial charge in [0.05, 0.1) is 5.92 Å². The van der Waals surface area contributed by atoms with E-state index in [4.69, 9.17) is 5.11 Å². The largest absolute Gasteiger partial charge is 0.481 e. The minimum atomic E-state index is -0.707. The average molecular weight is 286 g/mol. The van der Waals surface area contributed by atoms with Gasteiger partial charge >= 0.3 is 12.0 Å². The molecule has 0 bridgehead atoms. The van der Waals surface area contributed by atoms with E-state index in [0.717, 1.165) is 19.4 Å². The number of aliphatic carboxylic acids is 1. The Balaban J connectivity index is 1.61. The van der Waals surface area contributed by atoms with Crippen molar-refractivity contribution < 1.29 is 14.7 Å². The molecule has 6 heteroatoms. The smallest absolute Gasteiger partial charge is 0.315 e. The summed E-state index contributed by atoms with van der Waals surface area (Å²) >= 11 is 1.93. The van der Waals surface area contributed by atoms with E-state index in [1.54, 1.807) is 0 Å². The molecule has 0 aromatic heterocycles. The van der Waals surface area contributed by atoms with Gasteiger partial charge in [0.2, 0.25) is 0 Å². The minimum Gasteiger partial charge on any atom is -0.481 e. The molecule has 2 rings (SSSR count). The van der Waals surface area contributed by atoms with Gasteiger partial charge in [0.25, 0.3) is 0 Å². The zero-order chi connectivity index (χ0) is 13.7. The molecule has 2 aliphatic rings. The van der Waals surface area contributed by atoms with Gasteiger partial charge in [-0.3, -0.25) is 4.79 Å². The lowest BCUT2D eigenvalue weighted by Gasteiger charge is -2.27. The Morgan fingerprint density at radius 2 is 1.89 bits per heavy atom. The maximum Gasteiger partial charge on any atom is 0.315 e. The maximum atomic E-state index is 11.7. The number of thioether (sulfide) groups is 1. The summed E-state index contributed by atoms with van der Waals surface area (Å²) in [5, 5.41) is 15.3. The summed E-state index contributed by atoms with van der Waals surface area (Å²) in [6.07, 6.45) is 5.30. The average Bonchev–Trinajstić information content (AvgIpc) is 2.90. The lowest BCUT2D eigenvalue weighted by Crippen LogP contribution is -2.45. The molecular formula is C13H22N2O3S. The molecule has 0 spiro atoms. The molecule has 1 saturated carbocycles. The summed E-state index contributed by atoms with van der Waals surface area (Å²) in [5.74, 6) is 0.268. The van der Waals surface area contributed by atoms with Gasteiger partial charge in [0.15, 0.2) is 0 Å². The Kier molecular flexibility index (Phi) is 5.36. The van der Waals surface area contributed by atoms with Gasteiger partial charge in [-0.15, -0.1) is 0 Å². The van der Waals surface area contributed by atoms with Crippen LogP contribution in [0.5, 0.6) is 0 Å².